The number of amides is 2. The number of carbonyl (C=O) groups is 4. The van der Waals surface area contributed by atoms with Gasteiger partial charge in [-0.15, -0.1) is 0 Å². The number of nitrogens with one attached hydrogen (secondary N) is 4. The first-order valence-corrected chi connectivity index (χ1v) is 25.7. The van der Waals surface area contributed by atoms with E-state index >= 15 is 0 Å². The van der Waals surface area contributed by atoms with Gasteiger partial charge in [0.25, 0.3) is 11.8 Å². The van der Waals surface area contributed by atoms with E-state index in [1.54, 1.807) is 31.2 Å². The van der Waals surface area contributed by atoms with Crippen LogP contribution in [0.2, 0.25) is 0 Å². The molecule has 0 saturated heterocycles. The summed E-state index contributed by atoms with van der Waals surface area (Å²) in [6, 6.07) is 46.2. The molecule has 76 heavy (non-hydrogen) atoms. The Morgan fingerprint density at radius 1 is 0.539 bits per heavy atom. The van der Waals surface area contributed by atoms with Gasteiger partial charge in [-0.1, -0.05) is 88.4 Å². The molecule has 2 unspecified atom stereocenters. The molecule has 0 aliphatic carbocycles. The Balaban J connectivity index is 0.000000221. The molecule has 0 spiro atoms. The molecule has 6 aromatic carbocycles. The highest BCUT2D eigenvalue weighted by atomic mass is 16.5. The van der Waals surface area contributed by atoms with Crippen LogP contribution in [0.15, 0.2) is 154 Å². The molecule has 2 amide bonds. The smallest absolute Gasteiger partial charge is 0.307 e. The summed E-state index contributed by atoms with van der Waals surface area (Å²) < 4.78 is 29.6. The second-order valence-electron chi connectivity index (χ2n) is 19.1. The van der Waals surface area contributed by atoms with Crippen LogP contribution in [0.5, 0.6) is 11.5 Å². The third-order valence-corrected chi connectivity index (χ3v) is 12.8. The number of carboxylic acid groups (broad SMARTS) is 1. The number of fused-ring (bicyclic) bond motifs is 2. The van der Waals surface area contributed by atoms with E-state index in [1.165, 1.54) is 0 Å². The summed E-state index contributed by atoms with van der Waals surface area (Å²) in [6.07, 6.45) is 0.0335. The van der Waals surface area contributed by atoms with Gasteiger partial charge in [0.2, 0.25) is 0 Å². The molecule has 2 heterocycles. The van der Waals surface area contributed by atoms with Crippen LogP contribution < -0.4 is 30.7 Å². The van der Waals surface area contributed by atoms with Crippen LogP contribution in [0.1, 0.15) is 114 Å². The average molecular weight is 1030 g/mol. The highest BCUT2D eigenvalue weighted by Gasteiger charge is 2.26. The van der Waals surface area contributed by atoms with Gasteiger partial charge in [0.1, 0.15) is 47.4 Å². The van der Waals surface area contributed by atoms with Crippen molar-refractivity contribution < 1.29 is 47.3 Å². The quantitative estimate of drug-likeness (QED) is 0.0382. The largest absolute Gasteiger partial charge is 0.489 e. The molecule has 0 aliphatic heterocycles. The van der Waals surface area contributed by atoms with Gasteiger partial charge in [-0.3, -0.25) is 19.2 Å². The number of carbonyl (C=O) groups excluding carboxylic acids is 3. The summed E-state index contributed by atoms with van der Waals surface area (Å²) in [5, 5.41) is 23.3. The summed E-state index contributed by atoms with van der Waals surface area (Å²) in [6.45, 7) is 16.1. The monoisotopic (exact) mass is 1030 g/mol. The minimum Gasteiger partial charge on any atom is -0.489 e. The molecule has 2 atom stereocenters. The highest BCUT2D eigenvalue weighted by Crippen LogP contribution is 2.38. The Morgan fingerprint density at radius 2 is 0.947 bits per heavy atom. The van der Waals surface area contributed by atoms with Crippen molar-refractivity contribution in [2.24, 2.45) is 11.8 Å². The molecule has 5 N–H and O–H groups in total. The lowest BCUT2D eigenvalue weighted by atomic mass is 9.97. The zero-order chi connectivity index (χ0) is 54.1. The van der Waals surface area contributed by atoms with E-state index in [0.717, 1.165) is 78.6 Å². The fourth-order valence-corrected chi connectivity index (χ4v) is 8.56. The van der Waals surface area contributed by atoms with Gasteiger partial charge in [-0.25, -0.2) is 0 Å². The van der Waals surface area contributed by atoms with Crippen molar-refractivity contribution in [3.63, 3.8) is 0 Å². The molecule has 14 nitrogen and oxygen atoms in total. The number of aryl methyl sites for hydroxylation is 2. The second kappa shape index (κ2) is 26.6. The average Bonchev–Trinajstić information content (AvgIpc) is 3.94. The van der Waals surface area contributed by atoms with E-state index in [9.17, 15) is 19.2 Å². The van der Waals surface area contributed by atoms with Crippen LogP contribution in [-0.4, -0.2) is 48.6 Å². The number of aliphatic carboxylic acids is 1. The normalized spacial score (nSPS) is 11.9. The maximum atomic E-state index is 12.4. The topological polar surface area (TPSA) is 191 Å². The highest BCUT2D eigenvalue weighted by molar-refractivity contribution is 5.95. The number of furan rings is 2. The SMILES string of the molecule is CCOC(=O)CCNC(=O)c1ccc(NC(c2oc3ccc(OCc4ccccc4)cc3c2C)C(C)C)cc1.Cc1c(C(Nc2ccc(C(=O)NCCC(=O)O)cc2)C(C)C)oc2ccc(OCc3ccccc3)cc12. The maximum absolute atomic E-state index is 12.4. The van der Waals surface area contributed by atoms with Crippen LogP contribution in [0, 0.1) is 25.7 Å². The van der Waals surface area contributed by atoms with Crippen molar-refractivity contribution in [3.8, 4) is 11.5 Å². The molecular weight excluding hydrogens is 961 g/mol. The van der Waals surface area contributed by atoms with E-state index in [1.807, 2.05) is 121 Å². The Hall–Kier alpha value is -8.52. The molecular formula is C62H68N4O10. The molecule has 14 heteroatoms. The van der Waals surface area contributed by atoms with Crippen LogP contribution in [0.4, 0.5) is 11.4 Å². The summed E-state index contributed by atoms with van der Waals surface area (Å²) in [5.74, 6) is 1.99. The zero-order valence-electron chi connectivity index (χ0n) is 44.2. The molecule has 8 rings (SSSR count). The summed E-state index contributed by atoms with van der Waals surface area (Å²) >= 11 is 0. The number of benzene rings is 6. The van der Waals surface area contributed by atoms with Crippen LogP contribution >= 0.6 is 0 Å². The molecule has 2 aromatic heterocycles. The van der Waals surface area contributed by atoms with Gasteiger partial charge in [0.05, 0.1) is 31.5 Å². The van der Waals surface area contributed by atoms with Crippen molar-refractivity contribution in [1.29, 1.82) is 0 Å². The molecule has 0 fully saturated rings. The first-order valence-electron chi connectivity index (χ1n) is 25.7. The van der Waals surface area contributed by atoms with Crippen molar-refractivity contribution in [2.75, 3.05) is 30.3 Å². The van der Waals surface area contributed by atoms with Crippen molar-refractivity contribution >= 4 is 57.1 Å². The van der Waals surface area contributed by atoms with Crippen LogP contribution in [0.3, 0.4) is 0 Å². The first-order chi connectivity index (χ1) is 36.7. The number of hydrogen-bond donors (Lipinski definition) is 5. The van der Waals surface area contributed by atoms with E-state index in [0.29, 0.717) is 30.9 Å². The molecule has 396 valence electrons. The lowest BCUT2D eigenvalue weighted by Crippen LogP contribution is -2.26. The maximum Gasteiger partial charge on any atom is 0.307 e. The van der Waals surface area contributed by atoms with Gasteiger partial charge in [-0.2, -0.15) is 0 Å². The third-order valence-electron chi connectivity index (χ3n) is 12.8. The number of hydrogen-bond acceptors (Lipinski definition) is 11. The summed E-state index contributed by atoms with van der Waals surface area (Å²) in [7, 11) is 0. The van der Waals surface area contributed by atoms with Gasteiger partial charge in [0, 0.05) is 57.5 Å². The standard InChI is InChI=1S/C32H36N2O5.C30H32N2O5/c1-5-37-29(35)17-18-33-32(36)24-11-13-25(14-12-24)34-30(21(2)3)31-22(4)27-19-26(15-16-28(27)39-31)38-20-23-9-7-6-8-10-23;1-19(2)28(32-23-11-9-22(10-12-23)30(35)31-16-15-27(33)34)29-20(3)25-17-24(13-14-26(25)37-29)36-18-21-7-5-4-6-8-21/h6-16,19,21,30,34H,5,17-18,20H2,1-4H3,(H,33,36);4-14,17,19,28,32H,15-16,18H2,1-3H3,(H,31,35)(H,33,34). The first kappa shape index (κ1) is 55.2. The number of rotatable bonds is 23. The minimum atomic E-state index is -0.948. The predicted octanol–water partition coefficient (Wildman–Crippen LogP) is 13.1. The molecule has 8 aromatic rings. The Morgan fingerprint density at radius 3 is 1.33 bits per heavy atom. The predicted molar refractivity (Wildman–Crippen MR) is 297 cm³/mol. The Labute approximate surface area is 444 Å². The van der Waals surface area contributed by atoms with E-state index in [-0.39, 0.29) is 67.6 Å². The molecule has 0 radical (unpaired) electrons. The minimum absolute atomic E-state index is 0.0738. The van der Waals surface area contributed by atoms with E-state index in [2.05, 4.69) is 62.8 Å². The van der Waals surface area contributed by atoms with Gasteiger partial charge in [-0.05, 0) is 129 Å². The van der Waals surface area contributed by atoms with Crippen molar-refractivity contribution in [1.82, 2.24) is 10.6 Å². The second-order valence-corrected chi connectivity index (χ2v) is 19.1. The number of anilines is 2. The van der Waals surface area contributed by atoms with Crippen LogP contribution in [-0.2, 0) is 27.5 Å². The Kier molecular flexibility index (Phi) is 19.3. The molecule has 0 aliphatic rings. The van der Waals surface area contributed by atoms with E-state index in [4.69, 9.17) is 28.2 Å². The molecule has 0 bridgehead atoms. The summed E-state index contributed by atoms with van der Waals surface area (Å²) in [5.41, 5.74) is 8.70. The summed E-state index contributed by atoms with van der Waals surface area (Å²) in [4.78, 5) is 46.8. The van der Waals surface area contributed by atoms with Crippen molar-refractivity contribution in [2.45, 2.75) is 86.6 Å². The fraction of sp³-hybridized carbons (Fsp3) is 0.290. The van der Waals surface area contributed by atoms with Gasteiger partial charge < -0.3 is 49.4 Å². The van der Waals surface area contributed by atoms with Crippen molar-refractivity contribution in [3.05, 3.63) is 190 Å². The Bertz CT molecular complexity index is 3180. The van der Waals surface area contributed by atoms with Gasteiger partial charge in [0.15, 0.2) is 0 Å². The third kappa shape index (κ3) is 15.1. The number of ether oxygens (including phenoxy) is 3. The zero-order valence-corrected chi connectivity index (χ0v) is 44.2. The molecule has 0 saturated carbocycles. The fourth-order valence-electron chi connectivity index (χ4n) is 8.56. The van der Waals surface area contributed by atoms with Crippen LogP contribution in [0.25, 0.3) is 21.9 Å². The lowest BCUT2D eigenvalue weighted by Gasteiger charge is -2.22. The number of carboxylic acids is 1. The number of esters is 1. The van der Waals surface area contributed by atoms with Gasteiger partial charge >= 0.3 is 11.9 Å². The van der Waals surface area contributed by atoms with E-state index < -0.39 is 5.97 Å². The lowest BCUT2D eigenvalue weighted by molar-refractivity contribution is -0.143.